The summed E-state index contributed by atoms with van der Waals surface area (Å²) in [4.78, 5) is 14.3. The molecule has 2 aromatic carbocycles. The molecule has 0 saturated heterocycles. The summed E-state index contributed by atoms with van der Waals surface area (Å²) in [6.45, 7) is 2.64. The molecule has 33 heavy (non-hydrogen) atoms. The minimum atomic E-state index is -0.836. The van der Waals surface area contributed by atoms with E-state index in [1.165, 1.54) is 11.0 Å². The van der Waals surface area contributed by atoms with E-state index in [0.29, 0.717) is 24.6 Å². The van der Waals surface area contributed by atoms with Gasteiger partial charge in [-0.25, -0.2) is 13.6 Å². The molecule has 10 heteroatoms. The highest BCUT2D eigenvalue weighted by Gasteiger charge is 2.29. The SMILES string of the molecule is Cc1ccc(-c2nnc(-c3nn(C)c4c3CN(C(=O)Nc3ccc(F)cc3F)CC4)o2)cc1. The molecule has 0 bridgehead atoms. The quantitative estimate of drug-likeness (QED) is 0.502. The number of urea groups is 1. The summed E-state index contributed by atoms with van der Waals surface area (Å²) in [5, 5.41) is 15.4. The molecule has 0 saturated carbocycles. The molecular weight excluding hydrogens is 430 g/mol. The van der Waals surface area contributed by atoms with Gasteiger partial charge >= 0.3 is 6.03 Å². The van der Waals surface area contributed by atoms with Gasteiger partial charge in [0.2, 0.25) is 5.89 Å². The number of fused-ring (bicyclic) bond motifs is 1. The van der Waals surface area contributed by atoms with E-state index in [-0.39, 0.29) is 18.1 Å². The maximum atomic E-state index is 14.0. The van der Waals surface area contributed by atoms with Gasteiger partial charge in [0.1, 0.15) is 11.6 Å². The first-order chi connectivity index (χ1) is 15.9. The second-order valence-corrected chi connectivity index (χ2v) is 7.90. The molecule has 168 valence electrons. The van der Waals surface area contributed by atoms with Gasteiger partial charge in [0.05, 0.1) is 12.2 Å². The van der Waals surface area contributed by atoms with Crippen LogP contribution in [0.5, 0.6) is 0 Å². The lowest BCUT2D eigenvalue weighted by molar-refractivity contribution is 0.205. The molecule has 0 radical (unpaired) electrons. The first-order valence-corrected chi connectivity index (χ1v) is 10.4. The minimum absolute atomic E-state index is 0.0850. The van der Waals surface area contributed by atoms with Crippen molar-refractivity contribution >= 4 is 11.7 Å². The highest BCUT2D eigenvalue weighted by atomic mass is 19.1. The Hall–Kier alpha value is -4.08. The van der Waals surface area contributed by atoms with Gasteiger partial charge in [0.25, 0.3) is 5.89 Å². The molecule has 1 N–H and O–H groups in total. The molecule has 8 nitrogen and oxygen atoms in total. The molecule has 0 spiro atoms. The van der Waals surface area contributed by atoms with Crippen LogP contribution in [0.1, 0.15) is 16.8 Å². The van der Waals surface area contributed by atoms with Gasteiger partial charge in [-0.3, -0.25) is 4.68 Å². The second-order valence-electron chi connectivity index (χ2n) is 7.90. The van der Waals surface area contributed by atoms with Crippen molar-refractivity contribution in [1.29, 1.82) is 0 Å². The predicted molar refractivity (Wildman–Crippen MR) is 116 cm³/mol. The molecule has 1 aliphatic rings. The average Bonchev–Trinajstić information content (AvgIpc) is 3.41. The molecule has 0 unspecified atom stereocenters. The van der Waals surface area contributed by atoms with Gasteiger partial charge in [0, 0.05) is 42.9 Å². The monoisotopic (exact) mass is 450 g/mol. The second kappa shape index (κ2) is 8.12. The van der Waals surface area contributed by atoms with Crippen LogP contribution < -0.4 is 5.32 Å². The smallest absolute Gasteiger partial charge is 0.322 e. The van der Waals surface area contributed by atoms with E-state index < -0.39 is 17.7 Å². The van der Waals surface area contributed by atoms with Crippen LogP contribution in [0.2, 0.25) is 0 Å². The topological polar surface area (TPSA) is 89.1 Å². The number of carbonyl (C=O) groups excluding carboxylic acids is 1. The summed E-state index contributed by atoms with van der Waals surface area (Å²) in [7, 11) is 1.82. The highest BCUT2D eigenvalue weighted by molar-refractivity contribution is 5.89. The van der Waals surface area contributed by atoms with Crippen molar-refractivity contribution in [2.75, 3.05) is 11.9 Å². The number of halogens is 2. The van der Waals surface area contributed by atoms with E-state index in [9.17, 15) is 13.6 Å². The number of amides is 2. The zero-order chi connectivity index (χ0) is 23.1. The van der Waals surface area contributed by atoms with Crippen LogP contribution in [0.25, 0.3) is 23.0 Å². The first-order valence-electron chi connectivity index (χ1n) is 10.4. The zero-order valence-corrected chi connectivity index (χ0v) is 18.0. The number of aromatic nitrogens is 4. The fraction of sp³-hybridized carbons (Fsp3) is 0.217. The van der Waals surface area contributed by atoms with Crippen LogP contribution in [0, 0.1) is 18.6 Å². The van der Waals surface area contributed by atoms with Crippen molar-refractivity contribution in [3.63, 3.8) is 0 Å². The number of hydrogen-bond donors (Lipinski definition) is 1. The summed E-state index contributed by atoms with van der Waals surface area (Å²) >= 11 is 0. The lowest BCUT2D eigenvalue weighted by Gasteiger charge is -2.27. The predicted octanol–water partition coefficient (Wildman–Crippen LogP) is 4.31. The van der Waals surface area contributed by atoms with Crippen molar-refractivity contribution in [2.24, 2.45) is 7.05 Å². The van der Waals surface area contributed by atoms with Crippen LogP contribution in [0.4, 0.5) is 19.3 Å². The fourth-order valence-corrected chi connectivity index (χ4v) is 3.85. The van der Waals surface area contributed by atoms with Crippen LogP contribution in [0.15, 0.2) is 46.9 Å². The number of aryl methyl sites for hydroxylation is 2. The maximum absolute atomic E-state index is 14.0. The summed E-state index contributed by atoms with van der Waals surface area (Å²) < 4.78 is 34.7. The standard InChI is InChI=1S/C23H20F2N6O2/c1-13-3-5-14(6-4-13)21-27-28-22(33-21)20-16-12-31(10-9-19(16)30(2)29-20)23(32)26-18-8-7-15(24)11-17(18)25/h3-8,11H,9-10,12H2,1-2H3,(H,26,32). The van der Waals surface area contributed by atoms with Crippen molar-refractivity contribution in [3.05, 3.63) is 70.9 Å². The molecule has 0 aliphatic carbocycles. The van der Waals surface area contributed by atoms with Crippen LogP contribution >= 0.6 is 0 Å². The van der Waals surface area contributed by atoms with Crippen molar-refractivity contribution in [2.45, 2.75) is 19.9 Å². The summed E-state index contributed by atoms with van der Waals surface area (Å²) in [6.07, 6.45) is 0.553. The van der Waals surface area contributed by atoms with Gasteiger partial charge in [-0.15, -0.1) is 10.2 Å². The number of rotatable bonds is 3. The summed E-state index contributed by atoms with van der Waals surface area (Å²) in [5.74, 6) is -0.911. The van der Waals surface area contributed by atoms with E-state index >= 15 is 0 Å². The maximum Gasteiger partial charge on any atom is 0.322 e. The van der Waals surface area contributed by atoms with Crippen LogP contribution in [-0.4, -0.2) is 37.5 Å². The van der Waals surface area contributed by atoms with E-state index in [1.54, 1.807) is 4.68 Å². The van der Waals surface area contributed by atoms with E-state index in [1.807, 2.05) is 38.2 Å². The average molecular weight is 450 g/mol. The molecule has 1 aliphatic heterocycles. The molecule has 2 amide bonds. The van der Waals surface area contributed by atoms with Gasteiger partial charge in [-0.1, -0.05) is 17.7 Å². The van der Waals surface area contributed by atoms with Gasteiger partial charge < -0.3 is 14.6 Å². The number of nitrogens with one attached hydrogen (secondary N) is 1. The Bertz CT molecular complexity index is 1350. The van der Waals surface area contributed by atoms with Crippen LogP contribution in [0.3, 0.4) is 0 Å². The molecule has 3 heterocycles. The van der Waals surface area contributed by atoms with E-state index in [2.05, 4.69) is 20.6 Å². The van der Waals surface area contributed by atoms with Crippen molar-refractivity contribution < 1.29 is 18.0 Å². The molecule has 0 atom stereocenters. The molecular formula is C23H20F2N6O2. The Balaban J connectivity index is 1.40. The molecule has 0 fully saturated rings. The Morgan fingerprint density at radius 2 is 1.85 bits per heavy atom. The fourth-order valence-electron chi connectivity index (χ4n) is 3.85. The normalized spacial score (nSPS) is 13.2. The third-order valence-corrected chi connectivity index (χ3v) is 5.63. The first kappa shape index (κ1) is 20.8. The zero-order valence-electron chi connectivity index (χ0n) is 18.0. The lowest BCUT2D eigenvalue weighted by atomic mass is 10.1. The number of hydrogen-bond acceptors (Lipinski definition) is 5. The van der Waals surface area contributed by atoms with Gasteiger partial charge in [-0.05, 0) is 31.2 Å². The number of nitrogens with zero attached hydrogens (tertiary/aromatic N) is 5. The van der Waals surface area contributed by atoms with E-state index in [0.717, 1.165) is 34.5 Å². The lowest BCUT2D eigenvalue weighted by Crippen LogP contribution is -2.39. The molecule has 5 rings (SSSR count). The molecule has 2 aromatic heterocycles. The van der Waals surface area contributed by atoms with Crippen LogP contribution in [-0.2, 0) is 20.0 Å². The third kappa shape index (κ3) is 3.95. The Morgan fingerprint density at radius 3 is 2.61 bits per heavy atom. The minimum Gasteiger partial charge on any atom is -0.415 e. The number of anilines is 1. The largest absolute Gasteiger partial charge is 0.415 e. The highest BCUT2D eigenvalue weighted by Crippen LogP contribution is 2.31. The van der Waals surface area contributed by atoms with Crippen molar-refractivity contribution in [1.82, 2.24) is 24.9 Å². The summed E-state index contributed by atoms with van der Waals surface area (Å²) in [6, 6.07) is 10.2. The number of carbonyl (C=O) groups is 1. The third-order valence-electron chi connectivity index (χ3n) is 5.63. The Kier molecular flexibility index (Phi) is 5.12. The van der Waals surface area contributed by atoms with Gasteiger partial charge in [-0.2, -0.15) is 5.10 Å². The Morgan fingerprint density at radius 1 is 1.09 bits per heavy atom. The number of benzene rings is 2. The van der Waals surface area contributed by atoms with E-state index in [4.69, 9.17) is 4.42 Å². The van der Waals surface area contributed by atoms with Gasteiger partial charge in [0.15, 0.2) is 5.69 Å². The van der Waals surface area contributed by atoms with Crippen molar-refractivity contribution in [3.8, 4) is 23.0 Å². The Labute approximate surface area is 187 Å². The summed E-state index contributed by atoms with van der Waals surface area (Å²) in [5.41, 5.74) is 4.08. The molecule has 4 aromatic rings.